The average molecular weight is 344 g/mol. The van der Waals surface area contributed by atoms with Crippen LogP contribution in [-0.2, 0) is 6.42 Å². The number of benzene rings is 1. The molecule has 0 aliphatic carbocycles. The molecule has 0 aliphatic rings. The van der Waals surface area contributed by atoms with E-state index < -0.39 is 0 Å². The van der Waals surface area contributed by atoms with Crippen LogP contribution in [0.25, 0.3) is 0 Å². The first kappa shape index (κ1) is 16.6. The summed E-state index contributed by atoms with van der Waals surface area (Å²) < 4.78 is 0. The fourth-order valence-corrected chi connectivity index (χ4v) is 2.61. The highest BCUT2D eigenvalue weighted by molar-refractivity contribution is 6.33. The van der Waals surface area contributed by atoms with Gasteiger partial charge in [0.05, 0.1) is 16.8 Å². The minimum absolute atomic E-state index is 0.0817. The lowest BCUT2D eigenvalue weighted by molar-refractivity contribution is 0.518. The van der Waals surface area contributed by atoms with Gasteiger partial charge >= 0.3 is 0 Å². The summed E-state index contributed by atoms with van der Waals surface area (Å²) in [4.78, 5) is 4.41. The Bertz CT molecular complexity index is 585. The molecule has 5 heteroatoms. The summed E-state index contributed by atoms with van der Waals surface area (Å²) in [6, 6.07) is 9.39. The first-order chi connectivity index (χ1) is 10.1. The van der Waals surface area contributed by atoms with Gasteiger partial charge in [0.25, 0.3) is 0 Å². The molecule has 0 aliphatic heterocycles. The van der Waals surface area contributed by atoms with Crippen molar-refractivity contribution < 1.29 is 0 Å². The van der Waals surface area contributed by atoms with E-state index in [1.165, 1.54) is 0 Å². The van der Waals surface area contributed by atoms with Crippen molar-refractivity contribution in [1.82, 2.24) is 10.3 Å². The summed E-state index contributed by atoms with van der Waals surface area (Å²) in [5.41, 5.74) is 1.96. The Balaban J connectivity index is 2.23. The van der Waals surface area contributed by atoms with Crippen LogP contribution in [0.2, 0.25) is 15.1 Å². The quantitative estimate of drug-likeness (QED) is 0.767. The van der Waals surface area contributed by atoms with Crippen LogP contribution in [-0.4, -0.2) is 11.5 Å². The largest absolute Gasteiger partial charge is 0.308 e. The number of hydrogen-bond donors (Lipinski definition) is 1. The highest BCUT2D eigenvalue weighted by atomic mass is 35.5. The molecule has 0 radical (unpaired) electrons. The molecule has 2 aromatic rings. The molecule has 2 nitrogen and oxygen atoms in total. The molecule has 1 atom stereocenters. The zero-order chi connectivity index (χ0) is 15.2. The summed E-state index contributed by atoms with van der Waals surface area (Å²) in [5.74, 6) is 0. The third-order valence-electron chi connectivity index (χ3n) is 3.18. The van der Waals surface area contributed by atoms with Gasteiger partial charge in [0.15, 0.2) is 0 Å². The molecule has 21 heavy (non-hydrogen) atoms. The average Bonchev–Trinajstić information content (AvgIpc) is 2.48. The Kier molecular flexibility index (Phi) is 6.31. The molecule has 1 aromatic carbocycles. The number of nitrogens with zero attached hydrogens (tertiary/aromatic N) is 1. The second-order valence-electron chi connectivity index (χ2n) is 4.85. The number of pyridine rings is 1. The monoisotopic (exact) mass is 342 g/mol. The van der Waals surface area contributed by atoms with Crippen LogP contribution in [0, 0.1) is 0 Å². The summed E-state index contributed by atoms with van der Waals surface area (Å²) in [7, 11) is 0. The lowest BCUT2D eigenvalue weighted by Gasteiger charge is -2.19. The predicted molar refractivity (Wildman–Crippen MR) is 90.4 cm³/mol. The van der Waals surface area contributed by atoms with Crippen LogP contribution >= 0.6 is 34.8 Å². The Morgan fingerprint density at radius 1 is 1.10 bits per heavy atom. The maximum absolute atomic E-state index is 6.26. The number of rotatable bonds is 6. The summed E-state index contributed by atoms with van der Waals surface area (Å²) >= 11 is 18.2. The first-order valence-electron chi connectivity index (χ1n) is 6.89. The second kappa shape index (κ2) is 8.00. The van der Waals surface area contributed by atoms with Crippen molar-refractivity contribution in [2.24, 2.45) is 0 Å². The highest BCUT2D eigenvalue weighted by Crippen LogP contribution is 2.26. The van der Waals surface area contributed by atoms with E-state index in [2.05, 4.69) is 17.2 Å². The molecule has 0 saturated heterocycles. The van der Waals surface area contributed by atoms with Gasteiger partial charge in [-0.15, -0.1) is 0 Å². The van der Waals surface area contributed by atoms with Gasteiger partial charge in [-0.05, 0) is 55.3 Å². The zero-order valence-corrected chi connectivity index (χ0v) is 14.0. The van der Waals surface area contributed by atoms with Crippen molar-refractivity contribution in [3.8, 4) is 0 Å². The van der Waals surface area contributed by atoms with Crippen LogP contribution in [0.1, 0.15) is 30.6 Å². The standard InChI is InChI=1S/C16H17Cl3N2/c1-2-7-20-16(15-6-4-13(18)10-21-15)9-11-8-12(17)3-5-14(11)19/h3-6,8,10,16,20H,2,7,9H2,1H3. The lowest BCUT2D eigenvalue weighted by atomic mass is 10.0. The van der Waals surface area contributed by atoms with E-state index in [0.29, 0.717) is 10.0 Å². The first-order valence-corrected chi connectivity index (χ1v) is 8.02. The molecule has 1 N–H and O–H groups in total. The molecule has 0 saturated carbocycles. The van der Waals surface area contributed by atoms with Crippen molar-refractivity contribution >= 4 is 34.8 Å². The van der Waals surface area contributed by atoms with Crippen LogP contribution < -0.4 is 5.32 Å². The molecule has 112 valence electrons. The Labute approximate surface area is 140 Å². The Morgan fingerprint density at radius 2 is 1.86 bits per heavy atom. The maximum Gasteiger partial charge on any atom is 0.0589 e. The molecule has 2 rings (SSSR count). The van der Waals surface area contributed by atoms with Crippen LogP contribution in [0.15, 0.2) is 36.5 Å². The molecule has 0 spiro atoms. The van der Waals surface area contributed by atoms with Gasteiger partial charge in [-0.25, -0.2) is 0 Å². The zero-order valence-electron chi connectivity index (χ0n) is 11.7. The van der Waals surface area contributed by atoms with E-state index in [9.17, 15) is 0 Å². The van der Waals surface area contributed by atoms with Crippen molar-refractivity contribution in [3.63, 3.8) is 0 Å². The van der Waals surface area contributed by atoms with Gasteiger partial charge in [-0.1, -0.05) is 41.7 Å². The Morgan fingerprint density at radius 3 is 2.52 bits per heavy atom. The number of hydrogen-bond acceptors (Lipinski definition) is 2. The van der Waals surface area contributed by atoms with Crippen molar-refractivity contribution in [1.29, 1.82) is 0 Å². The normalized spacial score (nSPS) is 12.4. The number of nitrogens with one attached hydrogen (secondary N) is 1. The SMILES string of the molecule is CCCNC(Cc1cc(Cl)ccc1Cl)c1ccc(Cl)cn1. The molecular weight excluding hydrogens is 327 g/mol. The van der Waals surface area contributed by atoms with Crippen LogP contribution in [0.3, 0.4) is 0 Å². The van der Waals surface area contributed by atoms with Gasteiger partial charge in [0.2, 0.25) is 0 Å². The third-order valence-corrected chi connectivity index (χ3v) is 4.01. The van der Waals surface area contributed by atoms with Crippen LogP contribution in [0.4, 0.5) is 0 Å². The molecule has 1 heterocycles. The highest BCUT2D eigenvalue weighted by Gasteiger charge is 2.15. The van der Waals surface area contributed by atoms with Gasteiger partial charge in [-0.3, -0.25) is 4.98 Å². The topological polar surface area (TPSA) is 24.9 Å². The van der Waals surface area contributed by atoms with Gasteiger partial charge in [0, 0.05) is 16.2 Å². The van der Waals surface area contributed by atoms with E-state index in [1.54, 1.807) is 12.3 Å². The number of aromatic nitrogens is 1. The van der Waals surface area contributed by atoms with E-state index in [0.717, 1.165) is 35.7 Å². The van der Waals surface area contributed by atoms with Gasteiger partial charge in [-0.2, -0.15) is 0 Å². The van der Waals surface area contributed by atoms with E-state index in [4.69, 9.17) is 34.8 Å². The van der Waals surface area contributed by atoms with Crippen molar-refractivity contribution in [2.75, 3.05) is 6.54 Å². The fraction of sp³-hybridized carbons (Fsp3) is 0.312. The molecule has 1 aromatic heterocycles. The Hall–Kier alpha value is -0.800. The summed E-state index contributed by atoms with van der Waals surface area (Å²) in [5, 5.41) is 5.53. The minimum atomic E-state index is 0.0817. The van der Waals surface area contributed by atoms with Crippen molar-refractivity contribution in [3.05, 3.63) is 62.9 Å². The van der Waals surface area contributed by atoms with Gasteiger partial charge in [0.1, 0.15) is 0 Å². The third kappa shape index (κ3) is 4.86. The predicted octanol–water partition coefficient (Wildman–Crippen LogP) is 5.33. The molecule has 0 fully saturated rings. The van der Waals surface area contributed by atoms with Crippen molar-refractivity contribution in [2.45, 2.75) is 25.8 Å². The second-order valence-corrected chi connectivity index (χ2v) is 6.13. The molecule has 0 amide bonds. The van der Waals surface area contributed by atoms with Gasteiger partial charge < -0.3 is 5.32 Å². The maximum atomic E-state index is 6.26. The lowest BCUT2D eigenvalue weighted by Crippen LogP contribution is -2.25. The van der Waals surface area contributed by atoms with E-state index in [-0.39, 0.29) is 6.04 Å². The number of halogens is 3. The molecule has 0 bridgehead atoms. The van der Waals surface area contributed by atoms with Crippen LogP contribution in [0.5, 0.6) is 0 Å². The molecule has 1 unspecified atom stereocenters. The van der Waals surface area contributed by atoms with E-state index >= 15 is 0 Å². The molecular formula is C16H17Cl3N2. The fourth-order valence-electron chi connectivity index (χ4n) is 2.11. The smallest absolute Gasteiger partial charge is 0.0589 e. The minimum Gasteiger partial charge on any atom is -0.308 e. The van der Waals surface area contributed by atoms with E-state index in [1.807, 2.05) is 24.3 Å². The summed E-state index contributed by atoms with van der Waals surface area (Å²) in [6.45, 7) is 3.04. The summed E-state index contributed by atoms with van der Waals surface area (Å²) in [6.07, 6.45) is 3.44.